The van der Waals surface area contributed by atoms with E-state index in [1.54, 1.807) is 21.0 Å². The number of halogens is 1. The molecule has 1 atom stereocenters. The molecular formula is C13H18FN3O3. The second kappa shape index (κ2) is 6.23. The molecule has 0 saturated carbocycles. The number of amides is 1. The van der Waals surface area contributed by atoms with Crippen molar-refractivity contribution in [2.24, 2.45) is 0 Å². The van der Waals surface area contributed by atoms with E-state index in [4.69, 9.17) is 5.73 Å². The second-order valence-corrected chi connectivity index (χ2v) is 4.51. The minimum Gasteiger partial charge on any atom is -0.465 e. The first-order valence-electron chi connectivity index (χ1n) is 5.93. The average molecular weight is 283 g/mol. The molecule has 110 valence electrons. The number of nitrogens with two attached hydrogens (primary N) is 1. The number of anilines is 2. The van der Waals surface area contributed by atoms with Crippen molar-refractivity contribution >= 4 is 23.3 Å². The third-order valence-electron chi connectivity index (χ3n) is 2.73. The highest BCUT2D eigenvalue weighted by Gasteiger charge is 2.19. The van der Waals surface area contributed by atoms with Gasteiger partial charge in [0.05, 0.1) is 18.4 Å². The lowest BCUT2D eigenvalue weighted by Crippen LogP contribution is -2.36. The van der Waals surface area contributed by atoms with Crippen molar-refractivity contribution < 1.29 is 18.7 Å². The average Bonchev–Trinajstić information content (AvgIpc) is 2.39. The Morgan fingerprint density at radius 2 is 2.00 bits per heavy atom. The highest BCUT2D eigenvalue weighted by Crippen LogP contribution is 2.23. The van der Waals surface area contributed by atoms with Crippen LogP contribution < -0.4 is 11.1 Å². The van der Waals surface area contributed by atoms with E-state index in [1.807, 2.05) is 0 Å². The van der Waals surface area contributed by atoms with E-state index in [2.05, 4.69) is 10.1 Å². The van der Waals surface area contributed by atoms with Crippen LogP contribution in [0.2, 0.25) is 0 Å². The fourth-order valence-corrected chi connectivity index (χ4v) is 1.67. The van der Waals surface area contributed by atoms with Crippen LogP contribution in [0.4, 0.5) is 15.8 Å². The van der Waals surface area contributed by atoms with Crippen molar-refractivity contribution in [3.05, 3.63) is 23.5 Å². The predicted octanol–water partition coefficient (Wildman–Crippen LogP) is 1.08. The fraction of sp³-hybridized carbons (Fsp3) is 0.385. The van der Waals surface area contributed by atoms with Crippen LogP contribution in [0.1, 0.15) is 17.3 Å². The summed E-state index contributed by atoms with van der Waals surface area (Å²) in [5, 5.41) is 2.71. The van der Waals surface area contributed by atoms with Gasteiger partial charge in [-0.2, -0.15) is 0 Å². The molecule has 7 heteroatoms. The van der Waals surface area contributed by atoms with Crippen LogP contribution in [0.5, 0.6) is 0 Å². The molecule has 0 heterocycles. The Balaban J connectivity index is 3.07. The van der Waals surface area contributed by atoms with Crippen LogP contribution in [0.25, 0.3) is 0 Å². The maximum atomic E-state index is 13.8. The Bertz CT molecular complexity index is 532. The Hall–Kier alpha value is -2.31. The Morgan fingerprint density at radius 1 is 1.40 bits per heavy atom. The SMILES string of the molecule is COC(=O)c1cc(NC(C)C(=O)N(C)C)c(F)cc1N. The van der Waals surface area contributed by atoms with Gasteiger partial charge in [-0.1, -0.05) is 0 Å². The molecular weight excluding hydrogens is 265 g/mol. The smallest absolute Gasteiger partial charge is 0.340 e. The first-order chi connectivity index (χ1) is 9.27. The summed E-state index contributed by atoms with van der Waals surface area (Å²) in [7, 11) is 4.40. The van der Waals surface area contributed by atoms with E-state index in [0.717, 1.165) is 6.07 Å². The van der Waals surface area contributed by atoms with E-state index < -0.39 is 17.8 Å². The van der Waals surface area contributed by atoms with Crippen molar-refractivity contribution in [2.45, 2.75) is 13.0 Å². The Morgan fingerprint density at radius 3 is 2.50 bits per heavy atom. The largest absolute Gasteiger partial charge is 0.465 e. The second-order valence-electron chi connectivity index (χ2n) is 4.51. The van der Waals surface area contributed by atoms with E-state index in [9.17, 15) is 14.0 Å². The number of hydrogen-bond donors (Lipinski definition) is 2. The van der Waals surface area contributed by atoms with Gasteiger partial charge < -0.3 is 20.7 Å². The van der Waals surface area contributed by atoms with E-state index >= 15 is 0 Å². The topological polar surface area (TPSA) is 84.7 Å². The van der Waals surface area contributed by atoms with E-state index in [-0.39, 0.29) is 22.8 Å². The molecule has 1 aromatic rings. The Labute approximate surface area is 116 Å². The molecule has 3 N–H and O–H groups in total. The molecule has 0 spiro atoms. The molecule has 0 aromatic heterocycles. The van der Waals surface area contributed by atoms with Gasteiger partial charge in [0.2, 0.25) is 5.91 Å². The number of carbonyl (C=O) groups is 2. The molecule has 1 rings (SSSR count). The summed E-state index contributed by atoms with van der Waals surface area (Å²) in [6.45, 7) is 1.59. The number of ether oxygens (including phenoxy) is 1. The highest BCUT2D eigenvalue weighted by atomic mass is 19.1. The van der Waals surface area contributed by atoms with Crippen LogP contribution in [0.3, 0.4) is 0 Å². The van der Waals surface area contributed by atoms with Gasteiger partial charge in [-0.05, 0) is 19.1 Å². The minimum atomic E-state index is -0.669. The summed E-state index contributed by atoms with van der Waals surface area (Å²) >= 11 is 0. The van der Waals surface area contributed by atoms with E-state index in [1.165, 1.54) is 18.1 Å². The maximum absolute atomic E-state index is 13.8. The molecule has 0 aliphatic heterocycles. The molecule has 1 aromatic carbocycles. The van der Waals surface area contributed by atoms with Gasteiger partial charge in [0, 0.05) is 19.8 Å². The van der Waals surface area contributed by atoms with Crippen molar-refractivity contribution in [3.63, 3.8) is 0 Å². The minimum absolute atomic E-state index is 0.0160. The zero-order valence-electron chi connectivity index (χ0n) is 11.9. The molecule has 0 radical (unpaired) electrons. The third kappa shape index (κ3) is 3.37. The number of rotatable bonds is 4. The van der Waals surface area contributed by atoms with E-state index in [0.29, 0.717) is 0 Å². The number of benzene rings is 1. The maximum Gasteiger partial charge on any atom is 0.340 e. The van der Waals surface area contributed by atoms with Crippen molar-refractivity contribution in [1.82, 2.24) is 4.90 Å². The lowest BCUT2D eigenvalue weighted by atomic mass is 10.1. The molecule has 0 aliphatic carbocycles. The number of nitrogens with zero attached hydrogens (tertiary/aromatic N) is 1. The quantitative estimate of drug-likeness (QED) is 0.638. The van der Waals surface area contributed by atoms with Crippen LogP contribution in [0.15, 0.2) is 12.1 Å². The summed E-state index contributed by atoms with van der Waals surface area (Å²) in [6.07, 6.45) is 0. The van der Waals surface area contributed by atoms with Crippen molar-refractivity contribution in [3.8, 4) is 0 Å². The van der Waals surface area contributed by atoms with Crippen molar-refractivity contribution in [2.75, 3.05) is 32.3 Å². The highest BCUT2D eigenvalue weighted by molar-refractivity contribution is 5.96. The van der Waals surface area contributed by atoms with Crippen LogP contribution in [-0.2, 0) is 9.53 Å². The number of likely N-dealkylation sites (N-methyl/N-ethyl adjacent to an activating group) is 1. The van der Waals surface area contributed by atoms with Gasteiger partial charge in [0.15, 0.2) is 0 Å². The van der Waals surface area contributed by atoms with Crippen LogP contribution in [-0.4, -0.2) is 44.0 Å². The first-order valence-corrected chi connectivity index (χ1v) is 5.93. The molecule has 0 aliphatic rings. The Kier molecular flexibility index (Phi) is 4.90. The number of nitrogen functional groups attached to an aromatic ring is 1. The summed E-state index contributed by atoms with van der Waals surface area (Å²) in [5.41, 5.74) is 5.60. The molecule has 1 unspecified atom stereocenters. The lowest BCUT2D eigenvalue weighted by molar-refractivity contribution is -0.129. The van der Waals surface area contributed by atoms with Gasteiger partial charge in [-0.15, -0.1) is 0 Å². The lowest BCUT2D eigenvalue weighted by Gasteiger charge is -2.20. The molecule has 0 bridgehead atoms. The van der Waals surface area contributed by atoms with Crippen molar-refractivity contribution in [1.29, 1.82) is 0 Å². The number of carbonyl (C=O) groups excluding carboxylic acids is 2. The zero-order valence-corrected chi connectivity index (χ0v) is 11.9. The molecule has 6 nitrogen and oxygen atoms in total. The molecule has 20 heavy (non-hydrogen) atoms. The summed E-state index contributed by atoms with van der Waals surface area (Å²) in [4.78, 5) is 24.6. The van der Waals surface area contributed by atoms with Gasteiger partial charge in [0.25, 0.3) is 0 Å². The standard InChI is InChI=1S/C13H18FN3O3/c1-7(12(18)17(2)3)16-11-5-8(13(19)20-4)10(15)6-9(11)14/h5-7,16H,15H2,1-4H3. The van der Waals surface area contributed by atoms with Gasteiger partial charge in [0.1, 0.15) is 11.9 Å². The third-order valence-corrected chi connectivity index (χ3v) is 2.73. The fourth-order valence-electron chi connectivity index (χ4n) is 1.67. The number of hydrogen-bond acceptors (Lipinski definition) is 5. The monoisotopic (exact) mass is 283 g/mol. The first kappa shape index (κ1) is 15.7. The normalized spacial score (nSPS) is 11.7. The predicted molar refractivity (Wildman–Crippen MR) is 73.9 cm³/mol. The van der Waals surface area contributed by atoms with Crippen LogP contribution in [0, 0.1) is 5.82 Å². The summed E-state index contributed by atoms with van der Waals surface area (Å²) in [5.74, 6) is -1.54. The molecule has 1 amide bonds. The van der Waals surface area contributed by atoms with Gasteiger partial charge in [-0.25, -0.2) is 9.18 Å². The van der Waals surface area contributed by atoms with Crippen LogP contribution >= 0.6 is 0 Å². The van der Waals surface area contributed by atoms with Gasteiger partial charge >= 0.3 is 5.97 Å². The summed E-state index contributed by atoms with van der Waals surface area (Å²) in [6, 6.07) is 1.60. The number of nitrogens with one attached hydrogen (secondary N) is 1. The molecule has 0 fully saturated rings. The summed E-state index contributed by atoms with van der Waals surface area (Å²) < 4.78 is 18.4. The van der Waals surface area contributed by atoms with Gasteiger partial charge in [-0.3, -0.25) is 4.79 Å². The number of esters is 1. The zero-order chi connectivity index (χ0) is 15.4. The number of methoxy groups -OCH3 is 1. The molecule has 0 saturated heterocycles.